The molecule has 0 atom stereocenters. The smallest absolute Gasteiger partial charge is 0.292 e. The van der Waals surface area contributed by atoms with Gasteiger partial charge in [0.2, 0.25) is 0 Å². The molecule has 2 aromatic carbocycles. The van der Waals surface area contributed by atoms with Crippen LogP contribution in [0.5, 0.6) is 0 Å². The van der Waals surface area contributed by atoms with Gasteiger partial charge in [-0.3, -0.25) is 4.79 Å². The van der Waals surface area contributed by atoms with Crippen molar-refractivity contribution in [1.82, 2.24) is 13.7 Å². The molecule has 0 aliphatic heterocycles. The summed E-state index contributed by atoms with van der Waals surface area (Å²) < 4.78 is 2.50. The highest BCUT2D eigenvalue weighted by Crippen LogP contribution is 2.19. The Morgan fingerprint density at radius 2 is 1.17 bits per heavy atom. The highest BCUT2D eigenvalue weighted by molar-refractivity contribution is 5.96. The average molecular weight is 403 g/mol. The second-order valence-corrected chi connectivity index (χ2v) is 6.60. The van der Waals surface area contributed by atoms with E-state index >= 15 is 0 Å². The van der Waals surface area contributed by atoms with Crippen molar-refractivity contribution in [2.45, 2.75) is 19.6 Å². The maximum atomic E-state index is 12.8. The number of hydrogen-bond acceptors (Lipinski definition) is 4. The van der Waals surface area contributed by atoms with Crippen LogP contribution in [0.15, 0.2) is 94.3 Å². The molecule has 0 radical (unpaired) electrons. The van der Waals surface area contributed by atoms with Crippen LogP contribution in [0, 0.1) is 0 Å². The summed E-state index contributed by atoms with van der Waals surface area (Å²) in [5, 5.41) is 0. The Balaban J connectivity index is 1.97. The van der Waals surface area contributed by atoms with E-state index in [1.807, 2.05) is 30.3 Å². The molecule has 3 rings (SSSR count). The summed E-state index contributed by atoms with van der Waals surface area (Å²) in [5.74, 6) is -0.414. The molecule has 0 N–H and O–H groups in total. The molecular weight excluding hydrogens is 382 g/mol. The zero-order chi connectivity index (χ0) is 21.7. The molecule has 0 aliphatic rings. The predicted octanol–water partition coefficient (Wildman–Crippen LogP) is 2.09. The molecule has 7 heteroatoms. The summed E-state index contributed by atoms with van der Waals surface area (Å²) in [6, 6.07) is 16.6. The summed E-state index contributed by atoms with van der Waals surface area (Å²) >= 11 is 0. The lowest BCUT2D eigenvalue weighted by Gasteiger charge is -2.12. The molecule has 0 aliphatic carbocycles. The van der Waals surface area contributed by atoms with Crippen LogP contribution in [0.25, 0.3) is 11.1 Å². The molecule has 0 amide bonds. The first-order valence-electron chi connectivity index (χ1n) is 9.33. The van der Waals surface area contributed by atoms with Crippen molar-refractivity contribution < 1.29 is 4.79 Å². The first-order chi connectivity index (χ1) is 14.5. The van der Waals surface area contributed by atoms with Gasteiger partial charge in [-0.05, 0) is 11.1 Å². The Bertz CT molecular complexity index is 1210. The van der Waals surface area contributed by atoms with E-state index in [9.17, 15) is 19.2 Å². The number of carbonyl (C=O) groups excluding carboxylic acids is 1. The highest BCUT2D eigenvalue weighted by atomic mass is 16.2. The molecule has 0 saturated heterocycles. The Morgan fingerprint density at radius 3 is 1.67 bits per heavy atom. The highest BCUT2D eigenvalue weighted by Gasteiger charge is 2.17. The van der Waals surface area contributed by atoms with Gasteiger partial charge in [-0.15, -0.1) is 13.2 Å². The Hall–Kier alpha value is -4.00. The predicted molar refractivity (Wildman–Crippen MR) is 116 cm³/mol. The van der Waals surface area contributed by atoms with Gasteiger partial charge in [-0.2, -0.15) is 0 Å². The summed E-state index contributed by atoms with van der Waals surface area (Å²) in [6.45, 7) is 6.43. The molecule has 1 heterocycles. The van der Waals surface area contributed by atoms with Gasteiger partial charge in [0, 0.05) is 5.56 Å². The summed E-state index contributed by atoms with van der Waals surface area (Å²) in [5.41, 5.74) is -0.147. The van der Waals surface area contributed by atoms with E-state index in [0.29, 0.717) is 5.56 Å². The number of hydrogen-bond donors (Lipinski definition) is 0. The van der Waals surface area contributed by atoms with Crippen molar-refractivity contribution in [3.63, 3.8) is 0 Å². The van der Waals surface area contributed by atoms with Gasteiger partial charge in [0.15, 0.2) is 5.78 Å². The topological polar surface area (TPSA) is 83.1 Å². The largest absolute Gasteiger partial charge is 0.337 e. The van der Waals surface area contributed by atoms with Crippen LogP contribution in [0.4, 0.5) is 0 Å². The molecule has 0 saturated carbocycles. The van der Waals surface area contributed by atoms with E-state index in [-0.39, 0.29) is 13.1 Å². The van der Waals surface area contributed by atoms with Gasteiger partial charge in [0.1, 0.15) is 0 Å². The molecule has 3 aromatic rings. The van der Waals surface area contributed by atoms with Gasteiger partial charge in [0.05, 0.1) is 19.6 Å². The fourth-order valence-electron chi connectivity index (χ4n) is 3.10. The molecular formula is C23H21N3O4. The van der Waals surface area contributed by atoms with Crippen LogP contribution in [0.1, 0.15) is 10.4 Å². The van der Waals surface area contributed by atoms with Crippen LogP contribution >= 0.6 is 0 Å². The minimum Gasteiger partial charge on any atom is -0.292 e. The number of allylic oxidation sites excluding steroid dienone is 2. The number of nitrogens with zero attached hydrogens (tertiary/aromatic N) is 3. The molecule has 0 spiro atoms. The van der Waals surface area contributed by atoms with E-state index < -0.39 is 29.4 Å². The zero-order valence-corrected chi connectivity index (χ0v) is 16.4. The van der Waals surface area contributed by atoms with Gasteiger partial charge in [-0.25, -0.2) is 28.1 Å². The molecule has 0 bridgehead atoms. The van der Waals surface area contributed by atoms with Crippen molar-refractivity contribution >= 4 is 5.78 Å². The maximum Gasteiger partial charge on any atom is 0.337 e. The van der Waals surface area contributed by atoms with Crippen molar-refractivity contribution in [3.05, 3.63) is 117 Å². The minimum atomic E-state index is -0.848. The summed E-state index contributed by atoms with van der Waals surface area (Å²) in [6.07, 6.45) is 2.75. The van der Waals surface area contributed by atoms with Gasteiger partial charge in [-0.1, -0.05) is 66.7 Å². The third-order valence-corrected chi connectivity index (χ3v) is 4.62. The lowest BCUT2D eigenvalue weighted by molar-refractivity contribution is 0.0966. The van der Waals surface area contributed by atoms with Crippen molar-refractivity contribution in [3.8, 4) is 11.1 Å². The van der Waals surface area contributed by atoms with Crippen LogP contribution in [-0.2, 0) is 19.6 Å². The molecule has 0 fully saturated rings. The normalized spacial score (nSPS) is 10.5. The number of carbonyl (C=O) groups is 1. The Morgan fingerprint density at radius 1 is 0.700 bits per heavy atom. The molecule has 1 aromatic heterocycles. The standard InChI is InChI=1S/C23H21N3O4/c1-3-14-24-21(28)25(15-4-2)23(30)26(22(24)29)16-20(27)19-12-10-18(11-13-19)17-8-6-5-7-9-17/h3-13H,1-2,14-16H2. The minimum absolute atomic E-state index is 0.0744. The van der Waals surface area contributed by atoms with Crippen molar-refractivity contribution in [2.24, 2.45) is 0 Å². The first-order valence-corrected chi connectivity index (χ1v) is 9.33. The monoisotopic (exact) mass is 403 g/mol. The fraction of sp³-hybridized carbons (Fsp3) is 0.130. The number of aromatic nitrogens is 3. The second-order valence-electron chi connectivity index (χ2n) is 6.60. The summed E-state index contributed by atoms with van der Waals surface area (Å²) in [7, 11) is 0. The Labute approximate surface area is 172 Å². The number of rotatable bonds is 8. The lowest BCUT2D eigenvalue weighted by Crippen LogP contribution is -2.55. The molecule has 7 nitrogen and oxygen atoms in total. The molecule has 0 unspecified atom stereocenters. The van der Waals surface area contributed by atoms with Crippen molar-refractivity contribution in [2.75, 3.05) is 0 Å². The quantitative estimate of drug-likeness (QED) is 0.426. The zero-order valence-electron chi connectivity index (χ0n) is 16.4. The Kier molecular flexibility index (Phi) is 6.22. The SMILES string of the molecule is C=CCn1c(=O)n(CC=C)c(=O)n(CC(=O)c2ccc(-c3ccccc3)cc2)c1=O. The van der Waals surface area contributed by atoms with Crippen LogP contribution in [0.2, 0.25) is 0 Å². The van der Waals surface area contributed by atoms with E-state index in [0.717, 1.165) is 24.8 Å². The van der Waals surface area contributed by atoms with Crippen LogP contribution in [0.3, 0.4) is 0 Å². The third-order valence-electron chi connectivity index (χ3n) is 4.62. The molecule has 152 valence electrons. The molecule has 30 heavy (non-hydrogen) atoms. The second kappa shape index (κ2) is 9.00. The maximum absolute atomic E-state index is 12.8. The van der Waals surface area contributed by atoms with Gasteiger partial charge >= 0.3 is 17.1 Å². The lowest BCUT2D eigenvalue weighted by atomic mass is 10.0. The van der Waals surface area contributed by atoms with E-state index in [1.54, 1.807) is 24.3 Å². The van der Waals surface area contributed by atoms with Crippen LogP contribution < -0.4 is 17.1 Å². The van der Waals surface area contributed by atoms with Crippen LogP contribution in [-0.4, -0.2) is 19.5 Å². The fourth-order valence-corrected chi connectivity index (χ4v) is 3.10. The first kappa shape index (κ1) is 20.7. The average Bonchev–Trinajstić information content (AvgIpc) is 2.78. The summed E-state index contributed by atoms with van der Waals surface area (Å²) in [4.78, 5) is 50.5. The van der Waals surface area contributed by atoms with E-state index in [2.05, 4.69) is 13.2 Å². The number of Topliss-reactive ketones (excluding diaryl/α,β-unsaturated/α-hetero) is 1. The van der Waals surface area contributed by atoms with Gasteiger partial charge < -0.3 is 0 Å². The van der Waals surface area contributed by atoms with Gasteiger partial charge in [0.25, 0.3) is 0 Å². The number of benzene rings is 2. The van der Waals surface area contributed by atoms with E-state index in [4.69, 9.17) is 0 Å². The van der Waals surface area contributed by atoms with E-state index in [1.165, 1.54) is 12.2 Å². The number of ketones is 1. The third kappa shape index (κ3) is 4.05. The van der Waals surface area contributed by atoms with Crippen molar-refractivity contribution in [1.29, 1.82) is 0 Å².